The molecule has 0 aliphatic carbocycles. The molecule has 2 saturated heterocycles. The van der Waals surface area contributed by atoms with E-state index in [4.69, 9.17) is 27.9 Å². The molecule has 1 aromatic heterocycles. The van der Waals surface area contributed by atoms with Crippen LogP contribution in [0.25, 0.3) is 0 Å². The summed E-state index contributed by atoms with van der Waals surface area (Å²) in [5.41, 5.74) is 3.20. The second-order valence-electron chi connectivity index (χ2n) is 9.05. The Morgan fingerprint density at radius 2 is 1.97 bits per heavy atom. The minimum Gasteiger partial charge on any atom is -0.481 e. The van der Waals surface area contributed by atoms with Crippen LogP contribution in [0.4, 0.5) is 4.79 Å². The molecule has 1 aromatic carbocycles. The van der Waals surface area contributed by atoms with E-state index in [1.165, 1.54) is 5.56 Å². The number of halogens is 2. The summed E-state index contributed by atoms with van der Waals surface area (Å²) in [4.78, 5) is 21.7. The van der Waals surface area contributed by atoms with Gasteiger partial charge in [-0.1, -0.05) is 29.3 Å². The highest BCUT2D eigenvalue weighted by Gasteiger charge is 2.42. The number of hydrogen-bond donors (Lipinski definition) is 1. The van der Waals surface area contributed by atoms with Crippen molar-refractivity contribution in [3.05, 3.63) is 57.2 Å². The first-order chi connectivity index (χ1) is 15.4. The van der Waals surface area contributed by atoms with E-state index in [0.29, 0.717) is 22.5 Å². The van der Waals surface area contributed by atoms with Crippen LogP contribution in [0.5, 0.6) is 5.88 Å². The van der Waals surface area contributed by atoms with Gasteiger partial charge in [0, 0.05) is 49.9 Å². The fourth-order valence-electron chi connectivity index (χ4n) is 4.98. The van der Waals surface area contributed by atoms with E-state index in [-0.39, 0.29) is 11.4 Å². The molecule has 2 fully saturated rings. The number of methoxy groups -OCH3 is 1. The highest BCUT2D eigenvalue weighted by molar-refractivity contribution is 6.42. The summed E-state index contributed by atoms with van der Waals surface area (Å²) < 4.78 is 5.23. The van der Waals surface area contributed by atoms with Crippen molar-refractivity contribution in [3.63, 3.8) is 0 Å². The van der Waals surface area contributed by atoms with Gasteiger partial charge in [-0.05, 0) is 62.1 Å². The van der Waals surface area contributed by atoms with E-state index in [1.807, 2.05) is 42.2 Å². The zero-order valence-corrected chi connectivity index (χ0v) is 20.2. The summed E-state index contributed by atoms with van der Waals surface area (Å²) in [7, 11) is 1.60. The van der Waals surface area contributed by atoms with Crippen LogP contribution in [0.2, 0.25) is 10.0 Å². The number of hydrogen-bond acceptors (Lipinski definition) is 4. The molecule has 2 aromatic rings. The lowest BCUT2D eigenvalue weighted by Crippen LogP contribution is -2.50. The number of piperidine rings is 1. The zero-order chi connectivity index (χ0) is 22.7. The van der Waals surface area contributed by atoms with Gasteiger partial charge in [-0.2, -0.15) is 0 Å². The maximum Gasteiger partial charge on any atom is 0.317 e. The van der Waals surface area contributed by atoms with Gasteiger partial charge in [0.2, 0.25) is 5.88 Å². The molecule has 6 nitrogen and oxygen atoms in total. The number of aromatic nitrogens is 1. The second-order valence-corrected chi connectivity index (χ2v) is 9.87. The number of pyridine rings is 1. The predicted octanol–water partition coefficient (Wildman–Crippen LogP) is 4.90. The SMILES string of the molecule is COc1cc(CNC(=O)N2CCCC3(CCN(Cc4ccc(Cl)c(Cl)c4)C3)C2)cc(C)n1. The van der Waals surface area contributed by atoms with Crippen molar-refractivity contribution in [3.8, 4) is 5.88 Å². The highest BCUT2D eigenvalue weighted by atomic mass is 35.5. The fourth-order valence-corrected chi connectivity index (χ4v) is 5.30. The van der Waals surface area contributed by atoms with Crippen LogP contribution in [-0.4, -0.2) is 54.1 Å². The average Bonchev–Trinajstić information content (AvgIpc) is 3.15. The summed E-state index contributed by atoms with van der Waals surface area (Å²) in [6.45, 7) is 6.88. The van der Waals surface area contributed by atoms with Gasteiger partial charge in [0.1, 0.15) is 0 Å². The third kappa shape index (κ3) is 5.48. The van der Waals surface area contributed by atoms with E-state index < -0.39 is 0 Å². The molecule has 2 amide bonds. The summed E-state index contributed by atoms with van der Waals surface area (Å²) in [6, 6.07) is 9.68. The number of benzene rings is 1. The van der Waals surface area contributed by atoms with Crippen molar-refractivity contribution in [2.24, 2.45) is 5.41 Å². The van der Waals surface area contributed by atoms with Gasteiger partial charge in [-0.15, -0.1) is 0 Å². The molecule has 3 heterocycles. The molecule has 2 aliphatic heterocycles. The van der Waals surface area contributed by atoms with Crippen LogP contribution in [0.15, 0.2) is 30.3 Å². The number of nitrogens with one attached hydrogen (secondary N) is 1. The first-order valence-electron chi connectivity index (χ1n) is 11.1. The Kier molecular flexibility index (Phi) is 7.13. The van der Waals surface area contributed by atoms with Crippen LogP contribution in [0.1, 0.15) is 36.1 Å². The van der Waals surface area contributed by atoms with Crippen molar-refractivity contribution in [1.29, 1.82) is 0 Å². The maximum atomic E-state index is 12.9. The zero-order valence-electron chi connectivity index (χ0n) is 18.7. The number of rotatable bonds is 5. The smallest absolute Gasteiger partial charge is 0.317 e. The normalized spacial score (nSPS) is 21.2. The van der Waals surface area contributed by atoms with E-state index in [9.17, 15) is 4.79 Å². The lowest BCUT2D eigenvalue weighted by atomic mass is 9.79. The van der Waals surface area contributed by atoms with Crippen LogP contribution in [0, 0.1) is 12.3 Å². The Morgan fingerprint density at radius 3 is 2.75 bits per heavy atom. The summed E-state index contributed by atoms with van der Waals surface area (Å²) in [5, 5.41) is 4.26. The van der Waals surface area contributed by atoms with Gasteiger partial charge in [-0.25, -0.2) is 9.78 Å². The summed E-state index contributed by atoms with van der Waals surface area (Å²) in [6.07, 6.45) is 3.31. The van der Waals surface area contributed by atoms with E-state index in [0.717, 1.165) is 63.2 Å². The number of aryl methyl sites for hydroxylation is 1. The monoisotopic (exact) mass is 476 g/mol. The van der Waals surface area contributed by atoms with Crippen molar-refractivity contribution >= 4 is 29.2 Å². The number of carbonyl (C=O) groups excluding carboxylic acids is 1. The molecule has 1 unspecified atom stereocenters. The summed E-state index contributed by atoms with van der Waals surface area (Å²) >= 11 is 12.2. The summed E-state index contributed by atoms with van der Waals surface area (Å²) in [5.74, 6) is 0.569. The Labute approximate surface area is 199 Å². The molecule has 32 heavy (non-hydrogen) atoms. The minimum absolute atomic E-state index is 0.000408. The number of urea groups is 1. The quantitative estimate of drug-likeness (QED) is 0.666. The van der Waals surface area contributed by atoms with Gasteiger partial charge in [-0.3, -0.25) is 4.90 Å². The van der Waals surface area contributed by atoms with Gasteiger partial charge in [0.15, 0.2) is 0 Å². The first-order valence-corrected chi connectivity index (χ1v) is 11.8. The standard InChI is InChI=1S/C24H30Cl2N4O2/c1-17-10-19(12-22(28-17)32-2)13-27-23(31)30-8-3-6-24(16-30)7-9-29(15-24)14-18-4-5-20(25)21(26)11-18/h4-5,10-12H,3,6-9,13-16H2,1-2H3,(H,27,31). The van der Waals surface area contributed by atoms with Gasteiger partial charge < -0.3 is 15.0 Å². The van der Waals surface area contributed by atoms with Crippen molar-refractivity contribution in [2.75, 3.05) is 33.3 Å². The lowest BCUT2D eigenvalue weighted by molar-refractivity contribution is 0.107. The Hall–Kier alpha value is -2.02. The molecular weight excluding hydrogens is 447 g/mol. The number of likely N-dealkylation sites (tertiary alicyclic amines) is 2. The fraction of sp³-hybridized carbons (Fsp3) is 0.500. The number of nitrogens with zero attached hydrogens (tertiary/aromatic N) is 3. The molecule has 4 rings (SSSR count). The van der Waals surface area contributed by atoms with Crippen molar-refractivity contribution in [1.82, 2.24) is 20.1 Å². The molecule has 1 spiro atoms. The van der Waals surface area contributed by atoms with E-state index in [1.54, 1.807) is 7.11 Å². The van der Waals surface area contributed by atoms with E-state index >= 15 is 0 Å². The van der Waals surface area contributed by atoms with E-state index in [2.05, 4.69) is 15.2 Å². The minimum atomic E-state index is 0.000408. The maximum absolute atomic E-state index is 12.9. The molecule has 172 valence electrons. The molecular formula is C24H30Cl2N4O2. The number of ether oxygens (including phenoxy) is 1. The third-order valence-corrected chi connectivity index (χ3v) is 7.24. The van der Waals surface area contributed by atoms with Gasteiger partial charge in [0.05, 0.1) is 17.2 Å². The van der Waals surface area contributed by atoms with Crippen LogP contribution in [0.3, 0.4) is 0 Å². The average molecular weight is 477 g/mol. The largest absolute Gasteiger partial charge is 0.481 e. The highest BCUT2D eigenvalue weighted by Crippen LogP contribution is 2.39. The predicted molar refractivity (Wildman–Crippen MR) is 127 cm³/mol. The first kappa shape index (κ1) is 23.1. The van der Waals surface area contributed by atoms with Crippen LogP contribution >= 0.6 is 23.2 Å². The van der Waals surface area contributed by atoms with Gasteiger partial charge in [0.25, 0.3) is 0 Å². The Bertz CT molecular complexity index is 986. The Morgan fingerprint density at radius 1 is 1.12 bits per heavy atom. The molecule has 8 heteroatoms. The molecule has 0 bridgehead atoms. The molecule has 2 aliphatic rings. The Balaban J connectivity index is 1.33. The van der Waals surface area contributed by atoms with Gasteiger partial charge >= 0.3 is 6.03 Å². The molecule has 1 atom stereocenters. The molecule has 0 radical (unpaired) electrons. The van der Waals surface area contributed by atoms with Crippen LogP contribution < -0.4 is 10.1 Å². The third-order valence-electron chi connectivity index (χ3n) is 6.50. The van der Waals surface area contributed by atoms with Crippen molar-refractivity contribution < 1.29 is 9.53 Å². The second kappa shape index (κ2) is 9.86. The van der Waals surface area contributed by atoms with Crippen LogP contribution in [-0.2, 0) is 13.1 Å². The molecule has 0 saturated carbocycles. The topological polar surface area (TPSA) is 57.7 Å². The lowest BCUT2D eigenvalue weighted by Gasteiger charge is -2.40. The molecule has 1 N–H and O–H groups in total. The number of amides is 2. The van der Waals surface area contributed by atoms with Crippen molar-refractivity contribution in [2.45, 2.75) is 39.3 Å². The number of carbonyl (C=O) groups is 1.